The van der Waals surface area contributed by atoms with E-state index in [4.69, 9.17) is 27.9 Å². The van der Waals surface area contributed by atoms with Gasteiger partial charge >= 0.3 is 0 Å². The Morgan fingerprint density at radius 2 is 2.15 bits per heavy atom. The summed E-state index contributed by atoms with van der Waals surface area (Å²) in [5.41, 5.74) is 1.03. The van der Waals surface area contributed by atoms with Gasteiger partial charge in [-0.05, 0) is 12.1 Å². The molecule has 0 amide bonds. The van der Waals surface area contributed by atoms with Crippen molar-refractivity contribution in [2.75, 3.05) is 0 Å². The highest BCUT2D eigenvalue weighted by molar-refractivity contribution is 7.09. The first-order valence-corrected chi connectivity index (χ1v) is 7.92. The van der Waals surface area contributed by atoms with Gasteiger partial charge in [-0.1, -0.05) is 37.0 Å². The van der Waals surface area contributed by atoms with Gasteiger partial charge in [0.05, 0.1) is 10.7 Å². The van der Waals surface area contributed by atoms with Gasteiger partial charge in [-0.3, -0.25) is 0 Å². The highest BCUT2D eigenvalue weighted by atomic mass is 35.5. The molecule has 0 aliphatic rings. The lowest BCUT2D eigenvalue weighted by Gasteiger charge is -2.07. The van der Waals surface area contributed by atoms with E-state index in [0.717, 1.165) is 17.2 Å². The fraction of sp³-hybridized carbons (Fsp3) is 0.357. The van der Waals surface area contributed by atoms with Gasteiger partial charge in [0.2, 0.25) is 0 Å². The summed E-state index contributed by atoms with van der Waals surface area (Å²) in [4.78, 5) is 4.50. The van der Waals surface area contributed by atoms with Crippen molar-refractivity contribution in [3.8, 4) is 5.75 Å². The van der Waals surface area contributed by atoms with Crippen molar-refractivity contribution in [1.82, 2.24) is 10.3 Å². The first-order chi connectivity index (χ1) is 9.54. The number of halogens is 2. The van der Waals surface area contributed by atoms with E-state index in [0.29, 0.717) is 28.4 Å². The van der Waals surface area contributed by atoms with Crippen LogP contribution in [-0.4, -0.2) is 11.0 Å². The van der Waals surface area contributed by atoms with E-state index in [1.165, 1.54) is 0 Å². The molecule has 6 heteroatoms. The van der Waals surface area contributed by atoms with Gasteiger partial charge in [0, 0.05) is 29.1 Å². The van der Waals surface area contributed by atoms with Crippen molar-refractivity contribution in [2.45, 2.75) is 33.0 Å². The minimum absolute atomic E-state index is 0.395. The lowest BCUT2D eigenvalue weighted by Crippen LogP contribution is -2.21. The monoisotopic (exact) mass is 330 g/mol. The van der Waals surface area contributed by atoms with E-state index in [-0.39, 0.29) is 0 Å². The molecule has 0 spiro atoms. The maximum absolute atomic E-state index is 6.04. The minimum Gasteiger partial charge on any atom is -0.485 e. The molecule has 2 rings (SSSR count). The summed E-state index contributed by atoms with van der Waals surface area (Å²) in [6, 6.07) is 5.61. The number of benzene rings is 1. The molecule has 20 heavy (non-hydrogen) atoms. The molecule has 1 N–H and O–H groups in total. The maximum atomic E-state index is 6.04. The zero-order valence-corrected chi connectivity index (χ0v) is 13.6. The number of thiazole rings is 1. The quantitative estimate of drug-likeness (QED) is 0.845. The maximum Gasteiger partial charge on any atom is 0.140 e. The summed E-state index contributed by atoms with van der Waals surface area (Å²) < 4.78 is 5.65. The molecule has 0 saturated heterocycles. The van der Waals surface area contributed by atoms with Crippen LogP contribution in [0.4, 0.5) is 0 Å². The largest absolute Gasteiger partial charge is 0.485 e. The number of rotatable bonds is 6. The molecule has 0 unspecified atom stereocenters. The van der Waals surface area contributed by atoms with E-state index in [2.05, 4.69) is 24.1 Å². The van der Waals surface area contributed by atoms with Gasteiger partial charge in [0.25, 0.3) is 0 Å². The Kier molecular flexibility index (Phi) is 5.66. The summed E-state index contributed by atoms with van der Waals surface area (Å²) >= 11 is 13.5. The fourth-order valence-corrected chi connectivity index (χ4v) is 2.57. The molecule has 0 fully saturated rings. The van der Waals surface area contributed by atoms with Crippen LogP contribution in [0.1, 0.15) is 24.5 Å². The Bertz CT molecular complexity index is 572. The Balaban J connectivity index is 1.92. The van der Waals surface area contributed by atoms with E-state index in [9.17, 15) is 0 Å². The minimum atomic E-state index is 0.395. The fourth-order valence-electron chi connectivity index (χ4n) is 1.53. The highest BCUT2D eigenvalue weighted by Gasteiger charge is 2.06. The van der Waals surface area contributed by atoms with E-state index in [1.807, 2.05) is 5.38 Å². The van der Waals surface area contributed by atoms with Crippen LogP contribution in [0.5, 0.6) is 5.75 Å². The molecular weight excluding hydrogens is 315 g/mol. The molecule has 2 aromatic rings. The van der Waals surface area contributed by atoms with Gasteiger partial charge < -0.3 is 10.1 Å². The standard InChI is InChI=1S/C14H16Cl2N2OS/c1-9(2)17-6-11-8-20-14(18-11)7-19-13-5-10(15)3-4-12(13)16/h3-5,8-9,17H,6-7H2,1-2H3. The Labute approximate surface area is 132 Å². The van der Waals surface area contributed by atoms with Crippen LogP contribution in [0, 0.1) is 0 Å². The number of aromatic nitrogens is 1. The summed E-state index contributed by atoms with van der Waals surface area (Å²) in [7, 11) is 0. The lowest BCUT2D eigenvalue weighted by molar-refractivity contribution is 0.305. The predicted octanol–water partition coefficient (Wildman–Crippen LogP) is 4.53. The summed E-state index contributed by atoms with van der Waals surface area (Å²) in [5, 5.41) is 7.43. The van der Waals surface area contributed by atoms with Crippen LogP contribution >= 0.6 is 34.5 Å². The molecule has 0 aliphatic heterocycles. The highest BCUT2D eigenvalue weighted by Crippen LogP contribution is 2.28. The van der Waals surface area contributed by atoms with Crippen molar-refractivity contribution in [2.24, 2.45) is 0 Å². The predicted molar refractivity (Wildman–Crippen MR) is 84.9 cm³/mol. The number of hydrogen-bond acceptors (Lipinski definition) is 4. The Morgan fingerprint density at radius 3 is 2.90 bits per heavy atom. The first-order valence-electron chi connectivity index (χ1n) is 6.29. The van der Waals surface area contributed by atoms with Gasteiger partial charge in [-0.25, -0.2) is 4.98 Å². The second kappa shape index (κ2) is 7.27. The molecule has 0 bridgehead atoms. The average Bonchev–Trinajstić information content (AvgIpc) is 2.85. The van der Waals surface area contributed by atoms with Crippen LogP contribution in [0.3, 0.4) is 0 Å². The molecular formula is C14H16Cl2N2OS. The first kappa shape index (κ1) is 15.6. The summed E-state index contributed by atoms with van der Waals surface area (Å²) in [6.45, 7) is 5.38. The van der Waals surface area contributed by atoms with E-state index >= 15 is 0 Å². The second-order valence-corrected chi connectivity index (χ2v) is 6.42. The van der Waals surface area contributed by atoms with Crippen molar-refractivity contribution >= 4 is 34.5 Å². The van der Waals surface area contributed by atoms with Gasteiger partial charge in [0.1, 0.15) is 17.4 Å². The van der Waals surface area contributed by atoms with Gasteiger partial charge in [0.15, 0.2) is 0 Å². The van der Waals surface area contributed by atoms with Crippen molar-refractivity contribution in [3.63, 3.8) is 0 Å². The topological polar surface area (TPSA) is 34.1 Å². The number of ether oxygens (including phenoxy) is 1. The zero-order chi connectivity index (χ0) is 14.5. The lowest BCUT2D eigenvalue weighted by atomic mass is 10.3. The summed E-state index contributed by atoms with van der Waals surface area (Å²) in [6.07, 6.45) is 0. The Hall–Kier alpha value is -0.810. The van der Waals surface area contributed by atoms with Crippen molar-refractivity contribution in [1.29, 1.82) is 0 Å². The van der Waals surface area contributed by atoms with Crippen LogP contribution < -0.4 is 10.1 Å². The summed E-state index contributed by atoms with van der Waals surface area (Å²) in [5.74, 6) is 0.580. The van der Waals surface area contributed by atoms with Gasteiger partial charge in [-0.15, -0.1) is 11.3 Å². The molecule has 1 heterocycles. The van der Waals surface area contributed by atoms with E-state index in [1.54, 1.807) is 29.5 Å². The smallest absolute Gasteiger partial charge is 0.140 e. The normalized spacial score (nSPS) is 11.1. The SMILES string of the molecule is CC(C)NCc1csc(COc2cc(Cl)ccc2Cl)n1. The third-order valence-corrected chi connectivity index (χ3v) is 3.95. The Morgan fingerprint density at radius 1 is 1.35 bits per heavy atom. The molecule has 0 saturated carbocycles. The molecule has 1 aromatic heterocycles. The zero-order valence-electron chi connectivity index (χ0n) is 11.3. The van der Waals surface area contributed by atoms with Crippen LogP contribution in [-0.2, 0) is 13.2 Å². The number of nitrogens with one attached hydrogen (secondary N) is 1. The van der Waals surface area contributed by atoms with Crippen molar-refractivity contribution < 1.29 is 4.74 Å². The van der Waals surface area contributed by atoms with Crippen molar-refractivity contribution in [3.05, 3.63) is 44.3 Å². The van der Waals surface area contributed by atoms with Gasteiger partial charge in [-0.2, -0.15) is 0 Å². The molecule has 0 radical (unpaired) electrons. The number of nitrogens with zero attached hydrogens (tertiary/aromatic N) is 1. The molecule has 1 aromatic carbocycles. The third-order valence-electron chi connectivity index (χ3n) is 2.54. The van der Waals surface area contributed by atoms with E-state index < -0.39 is 0 Å². The average molecular weight is 331 g/mol. The number of hydrogen-bond donors (Lipinski definition) is 1. The van der Waals surface area contributed by atoms with Crippen LogP contribution in [0.15, 0.2) is 23.6 Å². The molecule has 108 valence electrons. The second-order valence-electron chi connectivity index (χ2n) is 4.63. The molecule has 0 aliphatic carbocycles. The molecule has 0 atom stereocenters. The van der Waals surface area contributed by atoms with Crippen LogP contribution in [0.2, 0.25) is 10.0 Å². The molecule has 3 nitrogen and oxygen atoms in total. The van der Waals surface area contributed by atoms with Crippen LogP contribution in [0.25, 0.3) is 0 Å². The third kappa shape index (κ3) is 4.63.